The fourth-order valence-electron chi connectivity index (χ4n) is 1.90. The first-order valence-corrected chi connectivity index (χ1v) is 6.46. The van der Waals surface area contributed by atoms with E-state index in [-0.39, 0.29) is 0 Å². The minimum atomic E-state index is 0.495. The number of hydrogen-bond acceptors (Lipinski definition) is 5. The SMILES string of the molecule is Cc1ccc2nc(N)n(Cc3cnc(C)s3)c2n1. The number of anilines is 1. The molecule has 0 atom stereocenters. The second-order valence-electron chi connectivity index (χ2n) is 4.20. The fraction of sp³-hybridized carbons (Fsp3) is 0.250. The number of pyridine rings is 1. The number of nitrogens with zero attached hydrogens (tertiary/aromatic N) is 4. The van der Waals surface area contributed by atoms with Crippen LogP contribution >= 0.6 is 11.3 Å². The molecule has 0 spiro atoms. The molecule has 0 bridgehead atoms. The van der Waals surface area contributed by atoms with Crippen LogP contribution in [0.5, 0.6) is 0 Å². The summed E-state index contributed by atoms with van der Waals surface area (Å²) in [4.78, 5) is 14.2. The van der Waals surface area contributed by atoms with E-state index in [1.54, 1.807) is 11.3 Å². The molecule has 0 saturated heterocycles. The van der Waals surface area contributed by atoms with E-state index in [9.17, 15) is 0 Å². The van der Waals surface area contributed by atoms with Gasteiger partial charge < -0.3 is 5.73 Å². The smallest absolute Gasteiger partial charge is 0.202 e. The topological polar surface area (TPSA) is 69.6 Å². The molecule has 0 amide bonds. The quantitative estimate of drug-likeness (QED) is 0.765. The van der Waals surface area contributed by atoms with Crippen LogP contribution in [0.3, 0.4) is 0 Å². The maximum absolute atomic E-state index is 5.95. The van der Waals surface area contributed by atoms with Crippen LogP contribution in [0.15, 0.2) is 18.3 Å². The van der Waals surface area contributed by atoms with Crippen molar-refractivity contribution in [2.45, 2.75) is 20.4 Å². The molecule has 0 aliphatic carbocycles. The van der Waals surface area contributed by atoms with Gasteiger partial charge in [-0.25, -0.2) is 15.0 Å². The first kappa shape index (κ1) is 11.2. The second kappa shape index (κ2) is 4.06. The van der Waals surface area contributed by atoms with Crippen LogP contribution in [-0.4, -0.2) is 19.5 Å². The summed E-state index contributed by atoms with van der Waals surface area (Å²) in [5.74, 6) is 0.495. The van der Waals surface area contributed by atoms with Crippen molar-refractivity contribution in [2.24, 2.45) is 0 Å². The lowest BCUT2D eigenvalue weighted by Crippen LogP contribution is -2.04. The van der Waals surface area contributed by atoms with E-state index >= 15 is 0 Å². The van der Waals surface area contributed by atoms with Crippen molar-refractivity contribution in [3.8, 4) is 0 Å². The molecule has 3 rings (SSSR count). The highest BCUT2D eigenvalue weighted by atomic mass is 32.1. The fourth-order valence-corrected chi connectivity index (χ4v) is 2.69. The van der Waals surface area contributed by atoms with Crippen LogP contribution in [0.1, 0.15) is 15.6 Å². The molecule has 5 nitrogen and oxygen atoms in total. The number of fused-ring (bicyclic) bond motifs is 1. The summed E-state index contributed by atoms with van der Waals surface area (Å²) in [7, 11) is 0. The largest absolute Gasteiger partial charge is 0.369 e. The third-order valence-corrected chi connectivity index (χ3v) is 3.64. The number of nitrogens with two attached hydrogens (primary N) is 1. The van der Waals surface area contributed by atoms with E-state index in [0.717, 1.165) is 26.7 Å². The van der Waals surface area contributed by atoms with Crippen molar-refractivity contribution < 1.29 is 0 Å². The lowest BCUT2D eigenvalue weighted by atomic mass is 10.3. The highest BCUT2D eigenvalue weighted by Gasteiger charge is 2.11. The Kier molecular flexibility index (Phi) is 2.52. The van der Waals surface area contributed by atoms with E-state index in [1.165, 1.54) is 0 Å². The molecule has 2 N–H and O–H groups in total. The van der Waals surface area contributed by atoms with Crippen molar-refractivity contribution in [1.29, 1.82) is 0 Å². The van der Waals surface area contributed by atoms with Crippen LogP contribution in [0.2, 0.25) is 0 Å². The maximum atomic E-state index is 5.95. The lowest BCUT2D eigenvalue weighted by molar-refractivity contribution is 0.837. The van der Waals surface area contributed by atoms with Gasteiger partial charge in [0.25, 0.3) is 0 Å². The molecule has 3 aromatic rings. The van der Waals surface area contributed by atoms with Gasteiger partial charge in [-0.2, -0.15) is 0 Å². The molecule has 6 heteroatoms. The number of rotatable bonds is 2. The second-order valence-corrected chi connectivity index (χ2v) is 5.52. The van der Waals surface area contributed by atoms with E-state index in [4.69, 9.17) is 5.73 Å². The van der Waals surface area contributed by atoms with E-state index in [2.05, 4.69) is 15.0 Å². The Hall–Kier alpha value is -1.95. The molecule has 18 heavy (non-hydrogen) atoms. The van der Waals surface area contributed by atoms with Gasteiger partial charge in [0.1, 0.15) is 5.52 Å². The number of thiazole rings is 1. The molecule has 3 heterocycles. The van der Waals surface area contributed by atoms with Gasteiger partial charge in [0.2, 0.25) is 5.95 Å². The zero-order valence-corrected chi connectivity index (χ0v) is 11.0. The molecule has 0 aliphatic heterocycles. The van der Waals surface area contributed by atoms with Crippen LogP contribution < -0.4 is 5.73 Å². The average molecular weight is 259 g/mol. The Morgan fingerprint density at radius 1 is 1.28 bits per heavy atom. The summed E-state index contributed by atoms with van der Waals surface area (Å²) in [5.41, 5.74) is 8.58. The van der Waals surface area contributed by atoms with Crippen molar-refractivity contribution in [1.82, 2.24) is 19.5 Å². The van der Waals surface area contributed by atoms with E-state index in [1.807, 2.05) is 36.7 Å². The number of imidazole rings is 1. The number of aromatic nitrogens is 4. The minimum Gasteiger partial charge on any atom is -0.369 e. The van der Waals surface area contributed by atoms with Gasteiger partial charge >= 0.3 is 0 Å². The van der Waals surface area contributed by atoms with Crippen molar-refractivity contribution >= 4 is 28.4 Å². The normalized spacial score (nSPS) is 11.2. The third-order valence-electron chi connectivity index (χ3n) is 2.74. The third kappa shape index (κ3) is 1.84. The first-order chi connectivity index (χ1) is 8.63. The van der Waals surface area contributed by atoms with Gasteiger partial charge in [-0.05, 0) is 26.0 Å². The highest BCUT2D eigenvalue weighted by Crippen LogP contribution is 2.20. The predicted molar refractivity (Wildman–Crippen MR) is 72.6 cm³/mol. The summed E-state index contributed by atoms with van der Waals surface area (Å²) in [6.07, 6.45) is 1.88. The zero-order chi connectivity index (χ0) is 12.7. The highest BCUT2D eigenvalue weighted by molar-refractivity contribution is 7.11. The molecule has 0 fully saturated rings. The average Bonchev–Trinajstić information content (AvgIpc) is 2.86. The molecular weight excluding hydrogens is 246 g/mol. The summed E-state index contributed by atoms with van der Waals surface area (Å²) >= 11 is 1.66. The van der Waals surface area contributed by atoms with Crippen molar-refractivity contribution in [3.63, 3.8) is 0 Å². The Balaban J connectivity index is 2.10. The minimum absolute atomic E-state index is 0.495. The van der Waals surface area contributed by atoms with Crippen LogP contribution in [-0.2, 0) is 6.54 Å². The lowest BCUT2D eigenvalue weighted by Gasteiger charge is -2.03. The van der Waals surface area contributed by atoms with Gasteiger partial charge in [-0.15, -0.1) is 11.3 Å². The number of aryl methyl sites for hydroxylation is 2. The Bertz CT molecular complexity index is 712. The van der Waals surface area contributed by atoms with Gasteiger partial charge in [0.05, 0.1) is 11.6 Å². The van der Waals surface area contributed by atoms with Gasteiger partial charge in [-0.3, -0.25) is 4.57 Å². The summed E-state index contributed by atoms with van der Waals surface area (Å²) < 4.78 is 1.93. The zero-order valence-electron chi connectivity index (χ0n) is 10.2. The van der Waals surface area contributed by atoms with Gasteiger partial charge in [0.15, 0.2) is 5.65 Å². The van der Waals surface area contributed by atoms with Crippen molar-refractivity contribution in [2.75, 3.05) is 5.73 Å². The monoisotopic (exact) mass is 259 g/mol. The van der Waals surface area contributed by atoms with E-state index < -0.39 is 0 Å². The molecular formula is C12H13N5S. The Morgan fingerprint density at radius 3 is 2.83 bits per heavy atom. The van der Waals surface area contributed by atoms with Gasteiger partial charge in [-0.1, -0.05) is 0 Å². The van der Waals surface area contributed by atoms with Crippen LogP contribution in [0, 0.1) is 13.8 Å². The molecule has 0 aliphatic rings. The van der Waals surface area contributed by atoms with E-state index in [0.29, 0.717) is 12.5 Å². The Labute approximate surface area is 108 Å². The van der Waals surface area contributed by atoms with Crippen molar-refractivity contribution in [3.05, 3.63) is 33.9 Å². The van der Waals surface area contributed by atoms with Gasteiger partial charge in [0, 0.05) is 16.8 Å². The van der Waals surface area contributed by atoms with Crippen LogP contribution in [0.25, 0.3) is 11.2 Å². The summed E-state index contributed by atoms with van der Waals surface area (Å²) in [6, 6.07) is 3.89. The molecule has 92 valence electrons. The first-order valence-electron chi connectivity index (χ1n) is 5.64. The summed E-state index contributed by atoms with van der Waals surface area (Å²) in [6.45, 7) is 4.63. The van der Waals surface area contributed by atoms with Crippen LogP contribution in [0.4, 0.5) is 5.95 Å². The molecule has 0 aromatic carbocycles. The molecule has 0 unspecified atom stereocenters. The number of hydrogen-bond donors (Lipinski definition) is 1. The maximum Gasteiger partial charge on any atom is 0.202 e. The number of nitrogen functional groups attached to an aromatic ring is 1. The molecule has 0 radical (unpaired) electrons. The molecule has 3 aromatic heterocycles. The predicted octanol–water partition coefficient (Wildman–Crippen LogP) is 2.14. The summed E-state index contributed by atoms with van der Waals surface area (Å²) in [5, 5.41) is 1.05. The Morgan fingerprint density at radius 2 is 2.11 bits per heavy atom. The standard InChI is InChI=1S/C12H13N5S/c1-7-3-4-10-11(15-7)17(12(13)16-10)6-9-5-14-8(2)18-9/h3-5H,6H2,1-2H3,(H2,13,16). The molecule has 0 saturated carbocycles.